The number of nitrogens with one attached hydrogen (secondary N) is 1. The lowest BCUT2D eigenvalue weighted by Gasteiger charge is -2.27. The van der Waals surface area contributed by atoms with Crippen LogP contribution >= 0.6 is 0 Å². The van der Waals surface area contributed by atoms with E-state index >= 15 is 0 Å². The van der Waals surface area contributed by atoms with Gasteiger partial charge in [-0.3, -0.25) is 9.89 Å². The minimum Gasteiger partial charge on any atom is -0.337 e. The van der Waals surface area contributed by atoms with E-state index in [1.165, 1.54) is 12.8 Å². The van der Waals surface area contributed by atoms with Crippen LogP contribution in [0.4, 0.5) is 0 Å². The smallest absolute Gasteiger partial charge is 0.257 e. The second kappa shape index (κ2) is 4.49. The molecule has 0 spiro atoms. The molecule has 94 valence electrons. The number of aryl methyl sites for hydroxylation is 2. The Morgan fingerprint density at radius 2 is 2.24 bits per heavy atom. The number of nitrogens with two attached hydrogens (primary N) is 1. The zero-order valence-electron chi connectivity index (χ0n) is 10.7. The number of likely N-dealkylation sites (N-methyl/N-ethyl adjacent to an activating group) is 1. The number of hydrogen-bond donors (Lipinski definition) is 2. The standard InChI is InChI=1S/C12H20N4O/c1-7-11(8(2)15-14-7)12(17)16(3)10(6-13)9-4-5-9/h9-10H,4-6,13H2,1-3H3,(H,14,15). The van der Waals surface area contributed by atoms with Gasteiger partial charge in [0, 0.05) is 25.3 Å². The van der Waals surface area contributed by atoms with Crippen molar-refractivity contribution in [3.63, 3.8) is 0 Å². The third kappa shape index (κ3) is 2.20. The summed E-state index contributed by atoms with van der Waals surface area (Å²) in [5.41, 5.74) is 8.03. The first-order valence-electron chi connectivity index (χ1n) is 6.05. The third-order valence-electron chi connectivity index (χ3n) is 3.57. The molecule has 1 saturated carbocycles. The Bertz CT molecular complexity index is 403. The number of carbonyl (C=O) groups excluding carboxylic acids is 1. The molecule has 1 atom stereocenters. The van der Waals surface area contributed by atoms with Crippen LogP contribution in [0.15, 0.2) is 0 Å². The summed E-state index contributed by atoms with van der Waals surface area (Å²) in [6, 6.07) is 0.163. The number of rotatable bonds is 4. The van der Waals surface area contributed by atoms with E-state index in [2.05, 4.69) is 10.2 Å². The highest BCUT2D eigenvalue weighted by atomic mass is 16.2. The Balaban J connectivity index is 2.19. The summed E-state index contributed by atoms with van der Waals surface area (Å²) in [5, 5.41) is 6.91. The lowest BCUT2D eigenvalue weighted by Crippen LogP contribution is -2.43. The van der Waals surface area contributed by atoms with Gasteiger partial charge < -0.3 is 10.6 Å². The first kappa shape index (κ1) is 12.1. The highest BCUT2D eigenvalue weighted by molar-refractivity contribution is 5.96. The first-order chi connectivity index (χ1) is 8.06. The summed E-state index contributed by atoms with van der Waals surface area (Å²) in [4.78, 5) is 14.2. The number of carbonyl (C=O) groups is 1. The van der Waals surface area contributed by atoms with Crippen LogP contribution < -0.4 is 5.73 Å². The van der Waals surface area contributed by atoms with Gasteiger partial charge in [0.2, 0.25) is 0 Å². The maximum absolute atomic E-state index is 12.4. The van der Waals surface area contributed by atoms with Crippen molar-refractivity contribution >= 4 is 5.91 Å². The van der Waals surface area contributed by atoms with Crippen LogP contribution in [-0.4, -0.2) is 40.6 Å². The molecular weight excluding hydrogens is 216 g/mol. The fourth-order valence-electron chi connectivity index (χ4n) is 2.34. The van der Waals surface area contributed by atoms with Crippen LogP contribution in [0, 0.1) is 19.8 Å². The van der Waals surface area contributed by atoms with Crippen molar-refractivity contribution in [1.29, 1.82) is 0 Å². The van der Waals surface area contributed by atoms with Crippen LogP contribution in [0.25, 0.3) is 0 Å². The topological polar surface area (TPSA) is 75.0 Å². The zero-order chi connectivity index (χ0) is 12.6. The number of hydrogen-bond acceptors (Lipinski definition) is 3. The Morgan fingerprint density at radius 1 is 1.59 bits per heavy atom. The zero-order valence-corrected chi connectivity index (χ0v) is 10.7. The SMILES string of the molecule is Cc1n[nH]c(C)c1C(=O)N(C)C(CN)C1CC1. The molecule has 2 rings (SSSR count). The lowest BCUT2D eigenvalue weighted by atomic mass is 10.1. The second-order valence-electron chi connectivity index (χ2n) is 4.87. The molecule has 1 amide bonds. The second-order valence-corrected chi connectivity index (χ2v) is 4.87. The van der Waals surface area contributed by atoms with E-state index in [1.807, 2.05) is 20.9 Å². The third-order valence-corrected chi connectivity index (χ3v) is 3.57. The summed E-state index contributed by atoms with van der Waals surface area (Å²) in [5.74, 6) is 0.609. The van der Waals surface area contributed by atoms with E-state index in [9.17, 15) is 4.79 Å². The van der Waals surface area contributed by atoms with Crippen LogP contribution in [-0.2, 0) is 0 Å². The molecule has 0 radical (unpaired) electrons. The predicted molar refractivity (Wildman–Crippen MR) is 65.7 cm³/mol. The molecule has 0 aliphatic heterocycles. The minimum atomic E-state index is 0.0242. The number of aromatic amines is 1. The van der Waals surface area contributed by atoms with Gasteiger partial charge in [0.05, 0.1) is 11.3 Å². The Morgan fingerprint density at radius 3 is 2.65 bits per heavy atom. The lowest BCUT2D eigenvalue weighted by molar-refractivity contribution is 0.0717. The molecule has 5 nitrogen and oxygen atoms in total. The van der Waals surface area contributed by atoms with Crippen molar-refractivity contribution in [3.05, 3.63) is 17.0 Å². The number of amides is 1. The van der Waals surface area contributed by atoms with E-state index < -0.39 is 0 Å². The van der Waals surface area contributed by atoms with Crippen LogP contribution in [0.5, 0.6) is 0 Å². The van der Waals surface area contributed by atoms with Crippen molar-refractivity contribution < 1.29 is 4.79 Å². The van der Waals surface area contributed by atoms with E-state index in [1.54, 1.807) is 4.90 Å². The Labute approximate surface area is 101 Å². The number of H-pyrrole nitrogens is 1. The van der Waals surface area contributed by atoms with Crippen molar-refractivity contribution in [2.24, 2.45) is 11.7 Å². The number of aromatic nitrogens is 2. The number of nitrogens with zero attached hydrogens (tertiary/aromatic N) is 2. The Kier molecular flexibility index (Phi) is 3.19. The van der Waals surface area contributed by atoms with Gasteiger partial charge in [-0.15, -0.1) is 0 Å². The highest BCUT2D eigenvalue weighted by Gasteiger charge is 2.35. The van der Waals surface area contributed by atoms with Gasteiger partial charge >= 0.3 is 0 Å². The average Bonchev–Trinajstić information content (AvgIpc) is 3.06. The molecule has 1 heterocycles. The van der Waals surface area contributed by atoms with Gasteiger partial charge in [0.15, 0.2) is 0 Å². The maximum Gasteiger partial charge on any atom is 0.257 e. The van der Waals surface area contributed by atoms with E-state index in [0.29, 0.717) is 18.0 Å². The van der Waals surface area contributed by atoms with Gasteiger partial charge in [-0.05, 0) is 32.6 Å². The van der Waals surface area contributed by atoms with Crippen molar-refractivity contribution in [1.82, 2.24) is 15.1 Å². The summed E-state index contributed by atoms with van der Waals surface area (Å²) in [6.07, 6.45) is 2.37. The van der Waals surface area contributed by atoms with Gasteiger partial charge in [0.1, 0.15) is 0 Å². The van der Waals surface area contributed by atoms with E-state index in [0.717, 1.165) is 11.4 Å². The average molecular weight is 236 g/mol. The van der Waals surface area contributed by atoms with Crippen molar-refractivity contribution in [3.8, 4) is 0 Å². The predicted octanol–water partition coefficient (Wildman–Crippen LogP) is 0.836. The van der Waals surface area contributed by atoms with Crippen LogP contribution in [0.1, 0.15) is 34.6 Å². The van der Waals surface area contributed by atoms with Crippen molar-refractivity contribution in [2.75, 3.05) is 13.6 Å². The summed E-state index contributed by atoms with van der Waals surface area (Å²) in [7, 11) is 1.84. The molecule has 1 aromatic heterocycles. The quantitative estimate of drug-likeness (QED) is 0.813. The van der Waals surface area contributed by atoms with Crippen LogP contribution in [0.2, 0.25) is 0 Å². The van der Waals surface area contributed by atoms with Gasteiger partial charge in [0.25, 0.3) is 5.91 Å². The minimum absolute atomic E-state index is 0.0242. The van der Waals surface area contributed by atoms with E-state index in [-0.39, 0.29) is 11.9 Å². The van der Waals surface area contributed by atoms with Gasteiger partial charge in [-0.25, -0.2) is 0 Å². The summed E-state index contributed by atoms with van der Waals surface area (Å²) in [6.45, 7) is 4.25. The highest BCUT2D eigenvalue weighted by Crippen LogP contribution is 2.35. The first-order valence-corrected chi connectivity index (χ1v) is 6.05. The van der Waals surface area contributed by atoms with Crippen LogP contribution in [0.3, 0.4) is 0 Å². The summed E-state index contributed by atoms with van der Waals surface area (Å²) >= 11 is 0. The van der Waals surface area contributed by atoms with Gasteiger partial charge in [-0.1, -0.05) is 0 Å². The molecule has 17 heavy (non-hydrogen) atoms. The molecule has 3 N–H and O–H groups in total. The molecular formula is C12H20N4O. The Hall–Kier alpha value is -1.36. The van der Waals surface area contributed by atoms with E-state index in [4.69, 9.17) is 5.73 Å². The molecule has 1 fully saturated rings. The fourth-order valence-corrected chi connectivity index (χ4v) is 2.34. The fraction of sp³-hybridized carbons (Fsp3) is 0.667. The molecule has 0 aromatic carbocycles. The molecule has 5 heteroatoms. The van der Waals surface area contributed by atoms with Gasteiger partial charge in [-0.2, -0.15) is 5.10 Å². The molecule has 0 saturated heterocycles. The summed E-state index contributed by atoms with van der Waals surface area (Å²) < 4.78 is 0. The largest absolute Gasteiger partial charge is 0.337 e. The normalized spacial score (nSPS) is 16.9. The monoisotopic (exact) mass is 236 g/mol. The maximum atomic E-state index is 12.4. The molecule has 0 bridgehead atoms. The van der Waals surface area contributed by atoms with Crippen molar-refractivity contribution in [2.45, 2.75) is 32.7 Å². The molecule has 1 aliphatic carbocycles. The molecule has 1 unspecified atom stereocenters. The molecule has 1 aromatic rings. The molecule has 1 aliphatic rings.